The third-order valence-corrected chi connectivity index (χ3v) is 3.25. The van der Waals surface area contributed by atoms with E-state index in [0.717, 1.165) is 17.9 Å². The lowest BCUT2D eigenvalue weighted by Gasteiger charge is -2.14. The SMILES string of the molecule is Cc1cc(C)n(C[C@@H](C)CNC(=O)c2ccc(=O)[nH]c2)n1. The molecular formula is C15H20N4O2. The number of nitrogens with zero attached hydrogens (tertiary/aromatic N) is 2. The maximum atomic E-state index is 11.9. The lowest BCUT2D eigenvalue weighted by atomic mass is 10.1. The van der Waals surface area contributed by atoms with Crippen LogP contribution in [0.1, 0.15) is 28.7 Å². The Morgan fingerprint density at radius 3 is 2.76 bits per heavy atom. The minimum Gasteiger partial charge on any atom is -0.352 e. The summed E-state index contributed by atoms with van der Waals surface area (Å²) < 4.78 is 1.95. The van der Waals surface area contributed by atoms with E-state index in [1.165, 1.54) is 18.3 Å². The van der Waals surface area contributed by atoms with Gasteiger partial charge in [0.2, 0.25) is 5.56 Å². The number of hydrogen-bond acceptors (Lipinski definition) is 3. The van der Waals surface area contributed by atoms with E-state index in [1.54, 1.807) is 0 Å². The summed E-state index contributed by atoms with van der Waals surface area (Å²) in [5.41, 5.74) is 2.35. The molecule has 21 heavy (non-hydrogen) atoms. The quantitative estimate of drug-likeness (QED) is 0.869. The zero-order chi connectivity index (χ0) is 15.4. The van der Waals surface area contributed by atoms with E-state index in [2.05, 4.69) is 22.3 Å². The summed E-state index contributed by atoms with van der Waals surface area (Å²) in [7, 11) is 0. The van der Waals surface area contributed by atoms with Gasteiger partial charge in [0.15, 0.2) is 0 Å². The molecule has 0 aliphatic rings. The van der Waals surface area contributed by atoms with Gasteiger partial charge in [-0.05, 0) is 31.9 Å². The molecule has 0 aliphatic heterocycles. The lowest BCUT2D eigenvalue weighted by molar-refractivity contribution is 0.0946. The highest BCUT2D eigenvalue weighted by atomic mass is 16.1. The van der Waals surface area contributed by atoms with Crippen molar-refractivity contribution in [1.82, 2.24) is 20.1 Å². The van der Waals surface area contributed by atoms with Crippen molar-refractivity contribution in [1.29, 1.82) is 0 Å². The third-order valence-electron chi connectivity index (χ3n) is 3.25. The molecule has 0 radical (unpaired) electrons. The van der Waals surface area contributed by atoms with Crippen LogP contribution in [0.5, 0.6) is 0 Å². The molecule has 0 spiro atoms. The van der Waals surface area contributed by atoms with Gasteiger partial charge in [-0.1, -0.05) is 6.92 Å². The van der Waals surface area contributed by atoms with Crippen LogP contribution in [0.4, 0.5) is 0 Å². The molecule has 0 aliphatic carbocycles. The Kier molecular flexibility index (Phi) is 4.57. The van der Waals surface area contributed by atoms with E-state index in [-0.39, 0.29) is 17.4 Å². The van der Waals surface area contributed by atoms with E-state index in [4.69, 9.17) is 0 Å². The monoisotopic (exact) mass is 288 g/mol. The number of H-pyrrole nitrogens is 1. The maximum Gasteiger partial charge on any atom is 0.252 e. The van der Waals surface area contributed by atoms with Gasteiger partial charge in [-0.25, -0.2) is 0 Å². The van der Waals surface area contributed by atoms with Crippen LogP contribution in [0.15, 0.2) is 29.2 Å². The summed E-state index contributed by atoms with van der Waals surface area (Å²) in [4.78, 5) is 25.4. The van der Waals surface area contributed by atoms with Gasteiger partial charge in [-0.15, -0.1) is 0 Å². The van der Waals surface area contributed by atoms with Crippen molar-refractivity contribution in [3.05, 3.63) is 51.7 Å². The molecule has 0 fully saturated rings. The predicted molar refractivity (Wildman–Crippen MR) is 80.3 cm³/mol. The van der Waals surface area contributed by atoms with Gasteiger partial charge in [-0.3, -0.25) is 14.3 Å². The number of aryl methyl sites for hydroxylation is 2. The number of nitrogens with one attached hydrogen (secondary N) is 2. The Bertz CT molecular complexity index is 667. The van der Waals surface area contributed by atoms with Crippen molar-refractivity contribution >= 4 is 5.91 Å². The predicted octanol–water partition coefficient (Wildman–Crippen LogP) is 1.25. The first-order valence-corrected chi connectivity index (χ1v) is 6.93. The van der Waals surface area contributed by atoms with Gasteiger partial charge in [0.1, 0.15) is 0 Å². The van der Waals surface area contributed by atoms with Crippen LogP contribution in [-0.4, -0.2) is 27.2 Å². The first kappa shape index (κ1) is 15.0. The number of pyridine rings is 1. The Balaban J connectivity index is 1.87. The van der Waals surface area contributed by atoms with Gasteiger partial charge in [0.05, 0.1) is 11.3 Å². The summed E-state index contributed by atoms with van der Waals surface area (Å²) in [6, 6.07) is 4.89. The number of rotatable bonds is 5. The standard InChI is InChI=1S/C15H20N4O2/c1-10(9-19-12(3)6-11(2)18-19)7-17-15(21)13-4-5-14(20)16-8-13/h4-6,8,10H,7,9H2,1-3H3,(H,16,20)(H,17,21)/t10-/m0/s1. The van der Waals surface area contributed by atoms with Crippen LogP contribution in [-0.2, 0) is 6.54 Å². The highest BCUT2D eigenvalue weighted by molar-refractivity contribution is 5.93. The molecule has 0 saturated carbocycles. The van der Waals surface area contributed by atoms with Crippen molar-refractivity contribution in [2.75, 3.05) is 6.54 Å². The van der Waals surface area contributed by atoms with E-state index in [0.29, 0.717) is 12.1 Å². The molecule has 6 nitrogen and oxygen atoms in total. The maximum absolute atomic E-state index is 11.9. The smallest absolute Gasteiger partial charge is 0.252 e. The number of hydrogen-bond donors (Lipinski definition) is 2. The van der Waals surface area contributed by atoms with Gasteiger partial charge in [0.25, 0.3) is 5.91 Å². The topological polar surface area (TPSA) is 79.8 Å². The number of aromatic amines is 1. The van der Waals surface area contributed by atoms with Gasteiger partial charge in [-0.2, -0.15) is 5.10 Å². The second kappa shape index (κ2) is 6.39. The number of amides is 1. The van der Waals surface area contributed by atoms with Crippen LogP contribution in [0.2, 0.25) is 0 Å². The summed E-state index contributed by atoms with van der Waals surface area (Å²) in [6.45, 7) is 7.35. The van der Waals surface area contributed by atoms with Crippen LogP contribution >= 0.6 is 0 Å². The molecule has 1 atom stereocenters. The Hall–Kier alpha value is -2.37. The molecule has 2 aromatic heterocycles. The fourth-order valence-corrected chi connectivity index (χ4v) is 2.14. The summed E-state index contributed by atoms with van der Waals surface area (Å²) in [5.74, 6) is 0.0705. The fraction of sp³-hybridized carbons (Fsp3) is 0.400. The zero-order valence-corrected chi connectivity index (χ0v) is 12.5. The van der Waals surface area contributed by atoms with E-state index < -0.39 is 0 Å². The highest BCUT2D eigenvalue weighted by Gasteiger charge is 2.10. The second-order valence-corrected chi connectivity index (χ2v) is 5.37. The molecule has 0 unspecified atom stereocenters. The van der Waals surface area contributed by atoms with Crippen molar-refractivity contribution in [3.63, 3.8) is 0 Å². The lowest BCUT2D eigenvalue weighted by Crippen LogP contribution is -2.30. The van der Waals surface area contributed by atoms with Crippen LogP contribution in [0.3, 0.4) is 0 Å². The van der Waals surface area contributed by atoms with Gasteiger partial charge >= 0.3 is 0 Å². The molecular weight excluding hydrogens is 268 g/mol. The number of carbonyl (C=O) groups excluding carboxylic acids is 1. The molecule has 0 saturated heterocycles. The summed E-state index contributed by atoms with van der Waals surface area (Å²) in [5, 5.41) is 7.27. The molecule has 2 aromatic rings. The average molecular weight is 288 g/mol. The number of carbonyl (C=O) groups is 1. The van der Waals surface area contributed by atoms with Gasteiger partial charge < -0.3 is 10.3 Å². The molecule has 0 bridgehead atoms. The molecule has 0 aromatic carbocycles. The minimum absolute atomic E-state index is 0.188. The molecule has 2 rings (SSSR count). The first-order chi connectivity index (χ1) is 9.95. The Labute approximate surface area is 123 Å². The van der Waals surface area contributed by atoms with Gasteiger partial charge in [0, 0.05) is 31.0 Å². The van der Waals surface area contributed by atoms with Crippen LogP contribution in [0.25, 0.3) is 0 Å². The van der Waals surface area contributed by atoms with Crippen molar-refractivity contribution in [2.45, 2.75) is 27.3 Å². The van der Waals surface area contributed by atoms with Crippen molar-refractivity contribution in [3.8, 4) is 0 Å². The Morgan fingerprint density at radius 1 is 1.43 bits per heavy atom. The van der Waals surface area contributed by atoms with Crippen LogP contribution < -0.4 is 10.9 Å². The second-order valence-electron chi connectivity index (χ2n) is 5.37. The highest BCUT2D eigenvalue weighted by Crippen LogP contribution is 2.06. The van der Waals surface area contributed by atoms with E-state index in [1.807, 2.05) is 24.6 Å². The summed E-state index contributed by atoms with van der Waals surface area (Å²) >= 11 is 0. The molecule has 2 N–H and O–H groups in total. The molecule has 2 heterocycles. The normalized spacial score (nSPS) is 12.1. The number of aromatic nitrogens is 3. The third kappa shape index (κ3) is 4.05. The summed E-state index contributed by atoms with van der Waals surface area (Å²) in [6.07, 6.45) is 1.42. The minimum atomic E-state index is -0.218. The zero-order valence-electron chi connectivity index (χ0n) is 12.5. The fourth-order valence-electron chi connectivity index (χ4n) is 2.14. The first-order valence-electron chi connectivity index (χ1n) is 6.93. The van der Waals surface area contributed by atoms with E-state index >= 15 is 0 Å². The largest absolute Gasteiger partial charge is 0.352 e. The van der Waals surface area contributed by atoms with Crippen molar-refractivity contribution in [2.24, 2.45) is 5.92 Å². The van der Waals surface area contributed by atoms with E-state index in [9.17, 15) is 9.59 Å². The average Bonchev–Trinajstić information content (AvgIpc) is 2.75. The van der Waals surface area contributed by atoms with Crippen molar-refractivity contribution < 1.29 is 4.79 Å². The molecule has 1 amide bonds. The Morgan fingerprint density at radius 2 is 2.19 bits per heavy atom. The van der Waals surface area contributed by atoms with Crippen LogP contribution in [0, 0.1) is 19.8 Å². The molecule has 6 heteroatoms. The molecule has 112 valence electrons.